The van der Waals surface area contributed by atoms with Crippen molar-refractivity contribution in [2.75, 3.05) is 25.1 Å². The quantitative estimate of drug-likeness (QED) is 0.302. The first-order valence-electron chi connectivity index (χ1n) is 8.38. The minimum atomic E-state index is -1.40. The van der Waals surface area contributed by atoms with E-state index in [2.05, 4.69) is 27.7 Å². The Hall–Kier alpha value is 0.390. The Labute approximate surface area is 116 Å². The summed E-state index contributed by atoms with van der Waals surface area (Å²) in [7, 11) is -1.40. The summed E-state index contributed by atoms with van der Waals surface area (Å²) >= 11 is 0. The molecule has 1 nitrogen and oxygen atoms in total. The van der Waals surface area contributed by atoms with Crippen molar-refractivity contribution < 1.29 is 4.52 Å². The van der Waals surface area contributed by atoms with Gasteiger partial charge in [0.25, 0.3) is 0 Å². The Bertz CT molecular complexity index is 149. The van der Waals surface area contributed by atoms with Crippen LogP contribution in [0.25, 0.3) is 0 Å². The summed E-state index contributed by atoms with van der Waals surface area (Å²) in [5.74, 6) is 0. The van der Waals surface area contributed by atoms with Gasteiger partial charge in [0.1, 0.15) is 0 Å². The van der Waals surface area contributed by atoms with Gasteiger partial charge < -0.3 is 0 Å². The molecule has 0 aromatic rings. The minimum absolute atomic E-state index is 1.03. The Morgan fingerprint density at radius 2 is 1.00 bits per heavy atom. The zero-order chi connectivity index (χ0) is 13.7. The normalized spacial score (nSPS) is 12.9. The van der Waals surface area contributed by atoms with E-state index in [0.29, 0.717) is 0 Å². The number of rotatable bonds is 13. The van der Waals surface area contributed by atoms with Crippen LogP contribution in [0.15, 0.2) is 0 Å². The van der Waals surface area contributed by atoms with Crippen molar-refractivity contribution in [2.24, 2.45) is 0 Å². The molecule has 0 amide bonds. The van der Waals surface area contributed by atoms with Crippen LogP contribution in [0.4, 0.5) is 0 Å². The molecule has 0 saturated carbocycles. The van der Waals surface area contributed by atoms with E-state index < -0.39 is 7.49 Å². The monoisotopic (exact) mass is 276 g/mol. The second kappa shape index (κ2) is 12.4. The van der Waals surface area contributed by atoms with Crippen LogP contribution in [0, 0.1) is 0 Å². The molecular weight excluding hydrogens is 239 g/mol. The molecule has 0 aromatic carbocycles. The maximum absolute atomic E-state index is 6.52. The summed E-state index contributed by atoms with van der Waals surface area (Å²) in [6.07, 6.45) is 14.9. The Kier molecular flexibility index (Phi) is 12.7. The molecule has 0 saturated heterocycles. The standard InChI is InChI=1S/C16H37OP/c1-5-9-13-17-18(14-10-6-2,15-11-7-3)16-12-8-4/h18H,5-16H2,1-4H3. The zero-order valence-corrected chi connectivity index (χ0v) is 14.4. The molecule has 0 aliphatic carbocycles. The molecule has 0 fully saturated rings. The van der Waals surface area contributed by atoms with Gasteiger partial charge in [-0.3, -0.25) is 0 Å². The summed E-state index contributed by atoms with van der Waals surface area (Å²) in [6.45, 7) is 10.2. The van der Waals surface area contributed by atoms with E-state index in [0.717, 1.165) is 6.61 Å². The first kappa shape index (κ1) is 18.4. The average molecular weight is 276 g/mol. The van der Waals surface area contributed by atoms with Crippen LogP contribution < -0.4 is 0 Å². The fourth-order valence-electron chi connectivity index (χ4n) is 2.52. The molecule has 0 aliphatic heterocycles. The zero-order valence-electron chi connectivity index (χ0n) is 13.4. The predicted octanol–water partition coefficient (Wildman–Crippen LogP) is 5.87. The third-order valence-corrected chi connectivity index (χ3v) is 8.47. The summed E-state index contributed by atoms with van der Waals surface area (Å²) in [6, 6.07) is 0. The van der Waals surface area contributed by atoms with E-state index in [1.807, 2.05) is 0 Å². The molecule has 0 aromatic heterocycles. The molecular formula is C16H37OP. The van der Waals surface area contributed by atoms with E-state index in [1.165, 1.54) is 69.9 Å². The molecule has 0 N–H and O–H groups in total. The van der Waals surface area contributed by atoms with Gasteiger partial charge in [0.15, 0.2) is 0 Å². The molecule has 0 spiro atoms. The maximum atomic E-state index is 6.52. The summed E-state index contributed by atoms with van der Waals surface area (Å²) in [5, 5.41) is 0. The molecule has 0 bridgehead atoms. The predicted molar refractivity (Wildman–Crippen MR) is 88.5 cm³/mol. The van der Waals surface area contributed by atoms with Crippen molar-refractivity contribution >= 4 is 7.49 Å². The van der Waals surface area contributed by atoms with Gasteiger partial charge in [-0.25, -0.2) is 0 Å². The molecule has 2 heteroatoms. The van der Waals surface area contributed by atoms with Crippen molar-refractivity contribution in [3.63, 3.8) is 0 Å². The molecule has 0 unspecified atom stereocenters. The number of unbranched alkanes of at least 4 members (excludes halogenated alkanes) is 4. The molecule has 112 valence electrons. The molecule has 0 heterocycles. The fraction of sp³-hybridized carbons (Fsp3) is 1.00. The number of hydrogen-bond donors (Lipinski definition) is 0. The van der Waals surface area contributed by atoms with Gasteiger partial charge in [0, 0.05) is 0 Å². The van der Waals surface area contributed by atoms with E-state index in [4.69, 9.17) is 4.52 Å². The second-order valence-corrected chi connectivity index (χ2v) is 9.85. The van der Waals surface area contributed by atoms with E-state index in [1.54, 1.807) is 0 Å². The van der Waals surface area contributed by atoms with Crippen molar-refractivity contribution in [3.05, 3.63) is 0 Å². The molecule has 0 rings (SSSR count). The van der Waals surface area contributed by atoms with Gasteiger partial charge >= 0.3 is 116 Å². The van der Waals surface area contributed by atoms with Gasteiger partial charge in [0.05, 0.1) is 0 Å². The third kappa shape index (κ3) is 8.48. The van der Waals surface area contributed by atoms with Crippen molar-refractivity contribution in [3.8, 4) is 0 Å². The molecule has 0 aliphatic rings. The van der Waals surface area contributed by atoms with Crippen molar-refractivity contribution in [1.82, 2.24) is 0 Å². The van der Waals surface area contributed by atoms with Crippen LogP contribution in [-0.2, 0) is 4.52 Å². The van der Waals surface area contributed by atoms with Crippen molar-refractivity contribution in [2.45, 2.75) is 79.1 Å². The van der Waals surface area contributed by atoms with Crippen LogP contribution in [0.5, 0.6) is 0 Å². The van der Waals surface area contributed by atoms with Gasteiger partial charge in [-0.1, -0.05) is 0 Å². The number of hydrogen-bond acceptors (Lipinski definition) is 1. The van der Waals surface area contributed by atoms with E-state index in [9.17, 15) is 0 Å². The van der Waals surface area contributed by atoms with Gasteiger partial charge in [0.2, 0.25) is 0 Å². The van der Waals surface area contributed by atoms with Gasteiger partial charge in [-0.2, -0.15) is 0 Å². The summed E-state index contributed by atoms with van der Waals surface area (Å²) < 4.78 is 6.52. The third-order valence-electron chi connectivity index (χ3n) is 3.86. The second-order valence-electron chi connectivity index (χ2n) is 5.70. The Morgan fingerprint density at radius 1 is 0.611 bits per heavy atom. The topological polar surface area (TPSA) is 9.23 Å². The van der Waals surface area contributed by atoms with Crippen LogP contribution in [0.2, 0.25) is 0 Å². The molecule has 0 radical (unpaired) electrons. The molecule has 0 atom stereocenters. The molecule has 18 heavy (non-hydrogen) atoms. The van der Waals surface area contributed by atoms with Gasteiger partial charge in [-0.05, 0) is 0 Å². The Balaban J connectivity index is 4.41. The Morgan fingerprint density at radius 3 is 1.33 bits per heavy atom. The summed E-state index contributed by atoms with van der Waals surface area (Å²) in [4.78, 5) is 0. The SMILES string of the molecule is CCCCO[PH](CCCC)(CCCC)CCCC. The van der Waals surface area contributed by atoms with E-state index in [-0.39, 0.29) is 0 Å². The first-order chi connectivity index (χ1) is 8.74. The fourth-order valence-corrected chi connectivity index (χ4v) is 7.28. The van der Waals surface area contributed by atoms with Crippen LogP contribution >= 0.6 is 7.49 Å². The van der Waals surface area contributed by atoms with E-state index >= 15 is 0 Å². The van der Waals surface area contributed by atoms with Crippen LogP contribution in [-0.4, -0.2) is 25.1 Å². The summed E-state index contributed by atoms with van der Waals surface area (Å²) in [5.41, 5.74) is 0. The average Bonchev–Trinajstić information content (AvgIpc) is 2.40. The first-order valence-corrected chi connectivity index (χ1v) is 10.9. The van der Waals surface area contributed by atoms with Crippen LogP contribution in [0.3, 0.4) is 0 Å². The van der Waals surface area contributed by atoms with Gasteiger partial charge in [-0.15, -0.1) is 0 Å². The van der Waals surface area contributed by atoms with Crippen molar-refractivity contribution in [1.29, 1.82) is 0 Å². The van der Waals surface area contributed by atoms with Crippen LogP contribution in [0.1, 0.15) is 79.1 Å².